The van der Waals surface area contributed by atoms with Crippen LogP contribution in [0, 0.1) is 0 Å². The molecule has 0 spiro atoms. The van der Waals surface area contributed by atoms with Crippen LogP contribution < -0.4 is 0 Å². The molecule has 1 rings (SSSR count). The summed E-state index contributed by atoms with van der Waals surface area (Å²) in [4.78, 5) is 12.0. The standard InChI is InChI=1S/C15H23NO4S/c1-4-11-16(12-5-2)21(18,19)14-10-8-7-9-13(14)15(17)20-6-3/h7-10H,4-6,11-12H2,1-3H3. The number of sulfonamides is 1. The van der Waals surface area contributed by atoms with Gasteiger partial charge in [-0.05, 0) is 31.9 Å². The van der Waals surface area contributed by atoms with Crippen molar-refractivity contribution in [2.75, 3.05) is 19.7 Å². The van der Waals surface area contributed by atoms with Gasteiger partial charge in [-0.15, -0.1) is 0 Å². The van der Waals surface area contributed by atoms with Crippen molar-refractivity contribution >= 4 is 16.0 Å². The Morgan fingerprint density at radius 3 is 2.19 bits per heavy atom. The van der Waals surface area contributed by atoms with E-state index in [1.54, 1.807) is 19.1 Å². The zero-order valence-electron chi connectivity index (χ0n) is 12.8. The van der Waals surface area contributed by atoms with E-state index in [9.17, 15) is 13.2 Å². The molecule has 0 aliphatic heterocycles. The summed E-state index contributed by atoms with van der Waals surface area (Å²) in [7, 11) is -3.69. The van der Waals surface area contributed by atoms with E-state index < -0.39 is 16.0 Å². The lowest BCUT2D eigenvalue weighted by molar-refractivity contribution is 0.0521. The lowest BCUT2D eigenvalue weighted by atomic mass is 10.2. The van der Waals surface area contributed by atoms with E-state index in [1.807, 2.05) is 13.8 Å². The van der Waals surface area contributed by atoms with Gasteiger partial charge in [-0.25, -0.2) is 13.2 Å². The molecule has 6 heteroatoms. The zero-order chi connectivity index (χ0) is 15.9. The van der Waals surface area contributed by atoms with E-state index in [4.69, 9.17) is 4.74 Å². The van der Waals surface area contributed by atoms with Gasteiger partial charge in [0.05, 0.1) is 17.1 Å². The fourth-order valence-corrected chi connectivity index (χ4v) is 3.86. The van der Waals surface area contributed by atoms with Crippen LogP contribution in [0.1, 0.15) is 44.0 Å². The van der Waals surface area contributed by atoms with Crippen molar-refractivity contribution in [3.05, 3.63) is 29.8 Å². The van der Waals surface area contributed by atoms with Gasteiger partial charge in [0.25, 0.3) is 0 Å². The summed E-state index contributed by atoms with van der Waals surface area (Å²) >= 11 is 0. The molecule has 0 radical (unpaired) electrons. The lowest BCUT2D eigenvalue weighted by Crippen LogP contribution is -2.33. The predicted molar refractivity (Wildman–Crippen MR) is 81.7 cm³/mol. The van der Waals surface area contributed by atoms with Crippen LogP contribution in [0.2, 0.25) is 0 Å². The van der Waals surface area contributed by atoms with Crippen molar-refractivity contribution in [1.29, 1.82) is 0 Å². The Hall–Kier alpha value is -1.40. The van der Waals surface area contributed by atoms with Gasteiger partial charge >= 0.3 is 5.97 Å². The van der Waals surface area contributed by atoms with Gasteiger partial charge in [0.1, 0.15) is 0 Å². The van der Waals surface area contributed by atoms with Crippen LogP contribution in [0.25, 0.3) is 0 Å². The van der Waals surface area contributed by atoms with E-state index in [0.717, 1.165) is 12.8 Å². The second kappa shape index (κ2) is 8.14. The molecule has 0 fully saturated rings. The molecule has 0 saturated carbocycles. The topological polar surface area (TPSA) is 63.7 Å². The highest BCUT2D eigenvalue weighted by atomic mass is 32.2. The molecule has 0 N–H and O–H groups in total. The first-order valence-electron chi connectivity index (χ1n) is 7.25. The summed E-state index contributed by atoms with van der Waals surface area (Å²) in [6, 6.07) is 6.20. The molecule has 0 aliphatic rings. The second-order valence-corrected chi connectivity index (χ2v) is 6.53. The molecule has 0 heterocycles. The minimum absolute atomic E-state index is 0.0188. The first-order valence-corrected chi connectivity index (χ1v) is 8.69. The molecule has 1 aromatic rings. The fourth-order valence-electron chi connectivity index (χ4n) is 2.06. The third-order valence-electron chi connectivity index (χ3n) is 2.95. The monoisotopic (exact) mass is 313 g/mol. The molecule has 0 amide bonds. The Morgan fingerprint density at radius 2 is 1.67 bits per heavy atom. The highest BCUT2D eigenvalue weighted by Gasteiger charge is 2.28. The van der Waals surface area contributed by atoms with E-state index in [0.29, 0.717) is 13.1 Å². The van der Waals surface area contributed by atoms with Gasteiger partial charge in [-0.3, -0.25) is 0 Å². The predicted octanol–water partition coefficient (Wildman–Crippen LogP) is 2.67. The maximum absolute atomic E-state index is 12.8. The molecule has 21 heavy (non-hydrogen) atoms. The van der Waals surface area contributed by atoms with Crippen LogP contribution in [-0.4, -0.2) is 38.4 Å². The average Bonchev–Trinajstić information content (AvgIpc) is 2.47. The Morgan fingerprint density at radius 1 is 1.10 bits per heavy atom. The van der Waals surface area contributed by atoms with Crippen LogP contribution in [0.15, 0.2) is 29.2 Å². The number of benzene rings is 1. The highest BCUT2D eigenvalue weighted by Crippen LogP contribution is 2.21. The first-order chi connectivity index (χ1) is 9.98. The molecule has 0 saturated heterocycles. The number of carbonyl (C=O) groups excluding carboxylic acids is 1. The maximum Gasteiger partial charge on any atom is 0.339 e. The summed E-state index contributed by atoms with van der Waals surface area (Å²) < 4.78 is 31.9. The van der Waals surface area contributed by atoms with Crippen molar-refractivity contribution < 1.29 is 17.9 Å². The number of nitrogens with zero attached hydrogens (tertiary/aromatic N) is 1. The first kappa shape index (κ1) is 17.7. The molecule has 0 unspecified atom stereocenters. The largest absolute Gasteiger partial charge is 0.462 e. The molecule has 118 valence electrons. The van der Waals surface area contributed by atoms with E-state index in [-0.39, 0.29) is 17.1 Å². The number of ether oxygens (including phenoxy) is 1. The van der Waals surface area contributed by atoms with Crippen LogP contribution in [0.3, 0.4) is 0 Å². The third kappa shape index (κ3) is 4.28. The van der Waals surface area contributed by atoms with E-state index >= 15 is 0 Å². The summed E-state index contributed by atoms with van der Waals surface area (Å²) in [6.45, 7) is 6.63. The van der Waals surface area contributed by atoms with Crippen molar-refractivity contribution in [3.8, 4) is 0 Å². The normalized spacial score (nSPS) is 11.6. The van der Waals surface area contributed by atoms with Gasteiger partial charge in [0.15, 0.2) is 0 Å². The van der Waals surface area contributed by atoms with Crippen molar-refractivity contribution in [2.24, 2.45) is 0 Å². The molecular weight excluding hydrogens is 290 g/mol. The summed E-state index contributed by atoms with van der Waals surface area (Å²) in [5.41, 5.74) is 0.0940. The Kier molecular flexibility index (Phi) is 6.84. The molecule has 0 atom stereocenters. The third-order valence-corrected chi connectivity index (χ3v) is 4.90. The average molecular weight is 313 g/mol. The molecule has 1 aromatic carbocycles. The number of esters is 1. The van der Waals surface area contributed by atoms with Gasteiger partial charge in [0.2, 0.25) is 10.0 Å². The lowest BCUT2D eigenvalue weighted by Gasteiger charge is -2.22. The van der Waals surface area contributed by atoms with Gasteiger partial charge < -0.3 is 4.74 Å². The fraction of sp³-hybridized carbons (Fsp3) is 0.533. The molecule has 0 aliphatic carbocycles. The summed E-state index contributed by atoms with van der Waals surface area (Å²) in [5.74, 6) is -0.607. The minimum atomic E-state index is -3.69. The highest BCUT2D eigenvalue weighted by molar-refractivity contribution is 7.89. The summed E-state index contributed by atoms with van der Waals surface area (Å²) in [5, 5.41) is 0. The number of carbonyl (C=O) groups is 1. The second-order valence-electron chi connectivity index (χ2n) is 4.62. The molecule has 0 bridgehead atoms. The summed E-state index contributed by atoms with van der Waals surface area (Å²) in [6.07, 6.45) is 1.45. The smallest absolute Gasteiger partial charge is 0.339 e. The number of hydrogen-bond acceptors (Lipinski definition) is 4. The molecule has 0 aromatic heterocycles. The van der Waals surface area contributed by atoms with Gasteiger partial charge in [0, 0.05) is 13.1 Å². The van der Waals surface area contributed by atoms with Gasteiger partial charge in [-0.2, -0.15) is 4.31 Å². The Labute approximate surface area is 127 Å². The van der Waals surface area contributed by atoms with Crippen molar-refractivity contribution in [2.45, 2.75) is 38.5 Å². The Balaban J connectivity index is 3.27. The number of rotatable bonds is 8. The van der Waals surface area contributed by atoms with Crippen LogP contribution in [0.4, 0.5) is 0 Å². The SMILES string of the molecule is CCCN(CCC)S(=O)(=O)c1ccccc1C(=O)OCC. The van der Waals surface area contributed by atoms with Crippen LogP contribution in [0.5, 0.6) is 0 Å². The van der Waals surface area contributed by atoms with Crippen molar-refractivity contribution in [1.82, 2.24) is 4.31 Å². The maximum atomic E-state index is 12.8. The van der Waals surface area contributed by atoms with Gasteiger partial charge in [-0.1, -0.05) is 26.0 Å². The van der Waals surface area contributed by atoms with E-state index in [2.05, 4.69) is 0 Å². The molecule has 5 nitrogen and oxygen atoms in total. The quantitative estimate of drug-likeness (QED) is 0.692. The minimum Gasteiger partial charge on any atom is -0.462 e. The van der Waals surface area contributed by atoms with Crippen LogP contribution >= 0.6 is 0 Å². The zero-order valence-corrected chi connectivity index (χ0v) is 13.6. The van der Waals surface area contributed by atoms with E-state index in [1.165, 1.54) is 16.4 Å². The number of hydrogen-bond donors (Lipinski definition) is 0. The Bertz CT molecular complexity index is 563. The van der Waals surface area contributed by atoms with Crippen LogP contribution in [-0.2, 0) is 14.8 Å². The van der Waals surface area contributed by atoms with Crippen molar-refractivity contribution in [3.63, 3.8) is 0 Å². The molecular formula is C15H23NO4S.